The second kappa shape index (κ2) is 4.26. The molecule has 3 N–H and O–H groups in total. The molecule has 1 aromatic rings. The predicted octanol–water partition coefficient (Wildman–Crippen LogP) is 2.17. The van der Waals surface area contributed by atoms with Gasteiger partial charge in [-0.15, -0.1) is 0 Å². The Hall–Kier alpha value is -0.640. The van der Waals surface area contributed by atoms with Crippen molar-refractivity contribution in [2.75, 3.05) is 0 Å². The lowest BCUT2D eigenvalue weighted by atomic mass is 9.99. The van der Waals surface area contributed by atoms with Crippen molar-refractivity contribution in [3.8, 4) is 0 Å². The van der Waals surface area contributed by atoms with E-state index in [-0.39, 0.29) is 5.02 Å². The number of rotatable bonds is 2. The van der Waals surface area contributed by atoms with Gasteiger partial charge in [-0.05, 0) is 31.0 Å². The second-order valence-corrected chi connectivity index (χ2v) is 3.79. The molecule has 0 bridgehead atoms. The maximum Gasteiger partial charge on any atom is 0.145 e. The van der Waals surface area contributed by atoms with E-state index in [0.29, 0.717) is 11.1 Å². The molecule has 1 aromatic carbocycles. The number of benzene rings is 1. The molecule has 0 amide bonds. The van der Waals surface area contributed by atoms with E-state index < -0.39 is 18.0 Å². The second-order valence-electron chi connectivity index (χ2n) is 3.38. The fraction of sp³-hybridized carbons (Fsp3) is 0.400. The number of hydrogen-bond acceptors (Lipinski definition) is 2. The van der Waals surface area contributed by atoms with Gasteiger partial charge in [0.1, 0.15) is 5.82 Å². The number of hydrogen-bond donors (Lipinski definition) is 2. The lowest BCUT2D eigenvalue weighted by molar-refractivity contribution is 0.152. The number of aliphatic hydroxyl groups excluding tert-OH is 1. The number of nitrogens with two attached hydrogens (primary N) is 1. The lowest BCUT2D eigenvalue weighted by Crippen LogP contribution is -2.25. The molecule has 0 fully saturated rings. The minimum Gasteiger partial charge on any atom is -0.387 e. The van der Waals surface area contributed by atoms with E-state index in [4.69, 9.17) is 17.3 Å². The van der Waals surface area contributed by atoms with Crippen LogP contribution in [0, 0.1) is 12.7 Å². The first-order valence-electron chi connectivity index (χ1n) is 4.33. The Balaban J connectivity index is 3.17. The third-order valence-electron chi connectivity index (χ3n) is 2.20. The average Bonchev–Trinajstić information content (AvgIpc) is 2.13. The van der Waals surface area contributed by atoms with Gasteiger partial charge in [0, 0.05) is 6.04 Å². The summed E-state index contributed by atoms with van der Waals surface area (Å²) in [5.74, 6) is -0.496. The molecule has 2 atom stereocenters. The van der Waals surface area contributed by atoms with Gasteiger partial charge in [0.05, 0.1) is 11.1 Å². The molecular weight excluding hydrogens is 205 g/mol. The van der Waals surface area contributed by atoms with Crippen LogP contribution in [0.1, 0.15) is 24.2 Å². The topological polar surface area (TPSA) is 46.2 Å². The van der Waals surface area contributed by atoms with Crippen LogP contribution in [0.4, 0.5) is 4.39 Å². The molecule has 2 nitrogen and oxygen atoms in total. The van der Waals surface area contributed by atoms with Crippen LogP contribution in [0.2, 0.25) is 5.02 Å². The summed E-state index contributed by atoms with van der Waals surface area (Å²) < 4.78 is 13.3. The van der Waals surface area contributed by atoms with E-state index in [1.54, 1.807) is 19.9 Å². The van der Waals surface area contributed by atoms with Crippen molar-refractivity contribution in [2.45, 2.75) is 26.0 Å². The molecule has 1 rings (SSSR count). The van der Waals surface area contributed by atoms with Crippen molar-refractivity contribution < 1.29 is 9.50 Å². The van der Waals surface area contributed by atoms with Gasteiger partial charge < -0.3 is 10.8 Å². The first kappa shape index (κ1) is 11.4. The number of aliphatic hydroxyl groups is 1. The molecule has 78 valence electrons. The first-order chi connectivity index (χ1) is 6.45. The molecule has 4 heteroatoms. The van der Waals surface area contributed by atoms with Gasteiger partial charge in [0.25, 0.3) is 0 Å². The molecule has 0 heterocycles. The Morgan fingerprint density at radius 2 is 2.07 bits per heavy atom. The first-order valence-corrected chi connectivity index (χ1v) is 4.71. The van der Waals surface area contributed by atoms with E-state index in [9.17, 15) is 9.50 Å². The van der Waals surface area contributed by atoms with Crippen LogP contribution in [0.3, 0.4) is 0 Å². The van der Waals surface area contributed by atoms with E-state index in [1.165, 1.54) is 6.07 Å². The summed E-state index contributed by atoms with van der Waals surface area (Å²) in [5.41, 5.74) is 6.36. The molecule has 2 unspecified atom stereocenters. The van der Waals surface area contributed by atoms with Gasteiger partial charge in [0.2, 0.25) is 0 Å². The van der Waals surface area contributed by atoms with Gasteiger partial charge in [-0.1, -0.05) is 17.7 Å². The van der Waals surface area contributed by atoms with E-state index in [1.807, 2.05) is 0 Å². The minimum absolute atomic E-state index is 0.0584. The van der Waals surface area contributed by atoms with Crippen LogP contribution < -0.4 is 5.73 Å². The standard InChI is InChI=1S/C10H13ClFNO/c1-5-7(10(14)6(2)13)3-4-8(11)9(5)12/h3-4,6,10,14H,13H2,1-2H3. The summed E-state index contributed by atoms with van der Waals surface area (Å²) in [4.78, 5) is 0. The summed E-state index contributed by atoms with van der Waals surface area (Å²) in [6.07, 6.45) is -0.859. The fourth-order valence-electron chi connectivity index (χ4n) is 1.27. The van der Waals surface area contributed by atoms with Crippen molar-refractivity contribution in [1.82, 2.24) is 0 Å². The van der Waals surface area contributed by atoms with Crippen LogP contribution >= 0.6 is 11.6 Å². The number of halogens is 2. The Labute approximate surface area is 87.5 Å². The molecule has 0 aliphatic rings. The summed E-state index contributed by atoms with van der Waals surface area (Å²) in [6.45, 7) is 3.23. The molecule has 0 radical (unpaired) electrons. The van der Waals surface area contributed by atoms with Crippen molar-refractivity contribution in [1.29, 1.82) is 0 Å². The van der Waals surface area contributed by atoms with Gasteiger partial charge in [0.15, 0.2) is 0 Å². The Kier molecular flexibility index (Phi) is 3.48. The van der Waals surface area contributed by atoms with Crippen LogP contribution in [0.15, 0.2) is 12.1 Å². The van der Waals surface area contributed by atoms with Gasteiger partial charge in [-0.3, -0.25) is 0 Å². The van der Waals surface area contributed by atoms with E-state index in [0.717, 1.165) is 0 Å². The zero-order valence-electron chi connectivity index (χ0n) is 8.09. The predicted molar refractivity (Wildman–Crippen MR) is 54.8 cm³/mol. The van der Waals surface area contributed by atoms with E-state index in [2.05, 4.69) is 0 Å². The molecule has 0 saturated carbocycles. The third kappa shape index (κ3) is 2.05. The monoisotopic (exact) mass is 217 g/mol. The molecular formula is C10H13ClFNO. The van der Waals surface area contributed by atoms with Crippen LogP contribution in [-0.4, -0.2) is 11.1 Å². The maximum absolute atomic E-state index is 13.3. The van der Waals surface area contributed by atoms with Gasteiger partial charge in [-0.2, -0.15) is 0 Å². The Morgan fingerprint density at radius 3 is 2.57 bits per heavy atom. The average molecular weight is 218 g/mol. The zero-order chi connectivity index (χ0) is 10.9. The van der Waals surface area contributed by atoms with Crippen LogP contribution in [-0.2, 0) is 0 Å². The summed E-state index contributed by atoms with van der Waals surface area (Å²) in [6, 6.07) is 2.58. The zero-order valence-corrected chi connectivity index (χ0v) is 8.85. The van der Waals surface area contributed by atoms with E-state index >= 15 is 0 Å². The highest BCUT2D eigenvalue weighted by Gasteiger charge is 2.17. The fourth-order valence-corrected chi connectivity index (χ4v) is 1.48. The summed E-state index contributed by atoms with van der Waals surface area (Å²) in [7, 11) is 0. The lowest BCUT2D eigenvalue weighted by Gasteiger charge is -2.17. The molecule has 0 spiro atoms. The molecule has 14 heavy (non-hydrogen) atoms. The molecule has 0 aliphatic heterocycles. The normalized spacial score (nSPS) is 15.3. The highest BCUT2D eigenvalue weighted by atomic mass is 35.5. The van der Waals surface area contributed by atoms with Gasteiger partial charge in [-0.25, -0.2) is 4.39 Å². The van der Waals surface area contributed by atoms with Gasteiger partial charge >= 0.3 is 0 Å². The molecule has 0 saturated heterocycles. The Bertz CT molecular complexity index is 341. The molecule has 0 aliphatic carbocycles. The van der Waals surface area contributed by atoms with Crippen molar-refractivity contribution in [3.05, 3.63) is 34.1 Å². The maximum atomic E-state index is 13.3. The minimum atomic E-state index is -0.859. The quantitative estimate of drug-likeness (QED) is 0.798. The highest BCUT2D eigenvalue weighted by Crippen LogP contribution is 2.26. The smallest absolute Gasteiger partial charge is 0.145 e. The molecule has 0 aromatic heterocycles. The SMILES string of the molecule is Cc1c(C(O)C(C)N)ccc(Cl)c1F. The largest absolute Gasteiger partial charge is 0.387 e. The van der Waals surface area contributed by atoms with Crippen molar-refractivity contribution in [3.63, 3.8) is 0 Å². The van der Waals surface area contributed by atoms with Crippen LogP contribution in [0.5, 0.6) is 0 Å². The summed E-state index contributed by atoms with van der Waals surface area (Å²) in [5, 5.41) is 9.72. The van der Waals surface area contributed by atoms with Crippen LogP contribution in [0.25, 0.3) is 0 Å². The summed E-state index contributed by atoms with van der Waals surface area (Å²) >= 11 is 5.58. The van der Waals surface area contributed by atoms with Crippen molar-refractivity contribution >= 4 is 11.6 Å². The third-order valence-corrected chi connectivity index (χ3v) is 2.49. The highest BCUT2D eigenvalue weighted by molar-refractivity contribution is 6.30. The van der Waals surface area contributed by atoms with Crippen molar-refractivity contribution in [2.24, 2.45) is 5.73 Å². The Morgan fingerprint density at radius 1 is 1.50 bits per heavy atom.